The molecule has 3 aliphatic carbocycles. The third kappa shape index (κ3) is 3.87. The van der Waals surface area contributed by atoms with Crippen LogP contribution in [0.4, 0.5) is 17.1 Å². The monoisotopic (exact) mass is 566 g/mol. The van der Waals surface area contributed by atoms with E-state index in [1.807, 2.05) is 0 Å². The Hall–Kier alpha value is -5.08. The van der Waals surface area contributed by atoms with Crippen LogP contribution in [0.5, 0.6) is 0 Å². The van der Waals surface area contributed by atoms with Gasteiger partial charge in [-0.1, -0.05) is 134 Å². The van der Waals surface area contributed by atoms with Crippen LogP contribution in [-0.4, -0.2) is 12.1 Å². The van der Waals surface area contributed by atoms with Crippen LogP contribution >= 0.6 is 0 Å². The fraction of sp³-hybridized carbons (Fsp3) is 0.143. The van der Waals surface area contributed by atoms with E-state index in [2.05, 4.69) is 168 Å². The Labute approximate surface area is 260 Å². The summed E-state index contributed by atoms with van der Waals surface area (Å²) in [6.07, 6.45) is 25.3. The van der Waals surface area contributed by atoms with Gasteiger partial charge in [0.1, 0.15) is 0 Å². The minimum absolute atomic E-state index is 0.283. The Morgan fingerprint density at radius 3 is 1.75 bits per heavy atom. The van der Waals surface area contributed by atoms with Crippen LogP contribution in [-0.2, 0) is 0 Å². The Morgan fingerprint density at radius 2 is 1.05 bits per heavy atom. The number of benzene rings is 4. The number of rotatable bonds is 4. The zero-order valence-electron chi connectivity index (χ0n) is 24.6. The molecule has 2 heteroatoms. The predicted molar refractivity (Wildman–Crippen MR) is 184 cm³/mol. The first-order chi connectivity index (χ1) is 21.9. The quantitative estimate of drug-likeness (QED) is 0.242. The average molecular weight is 567 g/mol. The van der Waals surface area contributed by atoms with Gasteiger partial charge in [-0.3, -0.25) is 0 Å². The van der Waals surface area contributed by atoms with Crippen LogP contribution in [0.15, 0.2) is 169 Å². The van der Waals surface area contributed by atoms with Gasteiger partial charge in [-0.05, 0) is 59.4 Å². The summed E-state index contributed by atoms with van der Waals surface area (Å²) in [5.74, 6) is 0.828. The molecular formula is C42H34N2. The highest BCUT2D eigenvalue weighted by atomic mass is 15.2. The molecule has 212 valence electrons. The number of anilines is 3. The van der Waals surface area contributed by atoms with E-state index >= 15 is 0 Å². The van der Waals surface area contributed by atoms with Gasteiger partial charge in [-0.25, -0.2) is 0 Å². The lowest BCUT2D eigenvalue weighted by molar-refractivity contribution is 0.658. The van der Waals surface area contributed by atoms with E-state index in [1.54, 1.807) is 5.57 Å². The van der Waals surface area contributed by atoms with E-state index in [1.165, 1.54) is 50.6 Å². The highest BCUT2D eigenvalue weighted by molar-refractivity contribution is 5.88. The smallest absolute Gasteiger partial charge is 0.0629 e. The molecule has 0 amide bonds. The molecule has 0 saturated heterocycles. The van der Waals surface area contributed by atoms with E-state index in [0.29, 0.717) is 17.9 Å². The zero-order chi connectivity index (χ0) is 29.0. The van der Waals surface area contributed by atoms with E-state index in [4.69, 9.17) is 0 Å². The molecule has 44 heavy (non-hydrogen) atoms. The van der Waals surface area contributed by atoms with Crippen molar-refractivity contribution < 1.29 is 0 Å². The van der Waals surface area contributed by atoms with Crippen molar-refractivity contribution in [2.45, 2.75) is 30.8 Å². The largest absolute Gasteiger partial charge is 0.333 e. The maximum atomic E-state index is 2.58. The second-order valence-electron chi connectivity index (χ2n) is 12.3. The lowest BCUT2D eigenvalue weighted by Crippen LogP contribution is -2.32. The summed E-state index contributed by atoms with van der Waals surface area (Å²) in [7, 11) is 0. The molecular weight excluding hydrogens is 532 g/mol. The molecule has 4 unspecified atom stereocenters. The molecule has 0 fully saturated rings. The van der Waals surface area contributed by atoms with Crippen LogP contribution in [0.25, 0.3) is 22.3 Å². The predicted octanol–water partition coefficient (Wildman–Crippen LogP) is 10.3. The summed E-state index contributed by atoms with van der Waals surface area (Å²) in [5, 5.41) is 0. The third-order valence-corrected chi connectivity index (χ3v) is 10.0. The zero-order valence-corrected chi connectivity index (χ0v) is 24.6. The second-order valence-corrected chi connectivity index (χ2v) is 12.3. The Balaban J connectivity index is 1.10. The molecule has 0 bridgehead atoms. The van der Waals surface area contributed by atoms with Gasteiger partial charge in [0, 0.05) is 45.7 Å². The lowest BCUT2D eigenvalue weighted by Gasteiger charge is -2.32. The van der Waals surface area contributed by atoms with Crippen molar-refractivity contribution in [2.24, 2.45) is 5.92 Å². The van der Waals surface area contributed by atoms with Crippen molar-refractivity contribution in [2.75, 3.05) is 9.80 Å². The molecule has 5 aliphatic rings. The average Bonchev–Trinajstić information content (AvgIpc) is 3.61. The van der Waals surface area contributed by atoms with Crippen molar-refractivity contribution in [3.63, 3.8) is 0 Å². The second kappa shape index (κ2) is 10.3. The van der Waals surface area contributed by atoms with Gasteiger partial charge in [0.15, 0.2) is 0 Å². The number of allylic oxidation sites excluding steroid dienone is 6. The summed E-state index contributed by atoms with van der Waals surface area (Å²) in [5.41, 5.74) is 13.2. The molecule has 2 aliphatic heterocycles. The number of para-hydroxylation sites is 3. The van der Waals surface area contributed by atoms with Crippen molar-refractivity contribution in [3.05, 3.63) is 175 Å². The normalized spacial score (nSPS) is 24.0. The molecule has 0 radical (unpaired) electrons. The lowest BCUT2D eigenvalue weighted by atomic mass is 9.87. The molecule has 9 rings (SSSR count). The van der Waals surface area contributed by atoms with Crippen LogP contribution < -0.4 is 9.80 Å². The van der Waals surface area contributed by atoms with Gasteiger partial charge >= 0.3 is 0 Å². The SMILES string of the molecule is C1=CC2C3=C(C=CCC3)N(c3ccccc3-c3ccc(-c4ccccc4N4c5ccccc5C5C=CC=CC54)cc3)C2C=C1. The first-order valence-electron chi connectivity index (χ1n) is 15.9. The molecule has 2 nitrogen and oxygen atoms in total. The Kier molecular flexibility index (Phi) is 5.94. The van der Waals surface area contributed by atoms with E-state index in [0.717, 1.165) is 12.8 Å². The standard InChI is InChI=1S/C42H34N2/c1-7-19-37(43-39-21-9-3-15-33(39)34-16-4-10-22-40(34)43)31(13-1)29-25-27-30(28-26-29)32-14-2-8-20-38(32)44-41-23-11-5-17-35(41)36-18-6-12-24-42(36)44/h1-5,7-17,19-28,33,35,39,41H,6,18H2. The van der Waals surface area contributed by atoms with Crippen molar-refractivity contribution in [1.29, 1.82) is 0 Å². The van der Waals surface area contributed by atoms with Gasteiger partial charge in [0.2, 0.25) is 0 Å². The molecule has 4 aromatic carbocycles. The molecule has 0 spiro atoms. The van der Waals surface area contributed by atoms with Crippen LogP contribution in [0.3, 0.4) is 0 Å². The number of hydrogen-bond acceptors (Lipinski definition) is 2. The molecule has 0 aromatic heterocycles. The summed E-state index contributed by atoms with van der Waals surface area (Å²) in [4.78, 5) is 5.12. The summed E-state index contributed by atoms with van der Waals surface area (Å²) in [6.45, 7) is 0. The van der Waals surface area contributed by atoms with Gasteiger partial charge in [-0.2, -0.15) is 0 Å². The van der Waals surface area contributed by atoms with E-state index in [9.17, 15) is 0 Å². The van der Waals surface area contributed by atoms with Crippen molar-refractivity contribution >= 4 is 17.1 Å². The summed E-state index contributed by atoms with van der Waals surface area (Å²) >= 11 is 0. The van der Waals surface area contributed by atoms with Gasteiger partial charge in [0.05, 0.1) is 12.1 Å². The van der Waals surface area contributed by atoms with Crippen LogP contribution in [0, 0.1) is 5.92 Å². The fourth-order valence-corrected chi connectivity index (χ4v) is 8.11. The van der Waals surface area contributed by atoms with Crippen LogP contribution in [0.2, 0.25) is 0 Å². The van der Waals surface area contributed by atoms with Gasteiger partial charge < -0.3 is 9.80 Å². The minimum Gasteiger partial charge on any atom is -0.333 e. The van der Waals surface area contributed by atoms with Gasteiger partial charge in [-0.15, -0.1) is 0 Å². The Bertz CT molecular complexity index is 1950. The van der Waals surface area contributed by atoms with Gasteiger partial charge in [0.25, 0.3) is 0 Å². The first kappa shape index (κ1) is 25.4. The topological polar surface area (TPSA) is 6.48 Å². The van der Waals surface area contributed by atoms with Crippen molar-refractivity contribution in [3.8, 4) is 22.3 Å². The Morgan fingerprint density at radius 1 is 0.500 bits per heavy atom. The molecule has 4 aromatic rings. The molecule has 2 heterocycles. The fourth-order valence-electron chi connectivity index (χ4n) is 8.11. The van der Waals surface area contributed by atoms with E-state index in [-0.39, 0.29) is 6.04 Å². The number of hydrogen-bond donors (Lipinski definition) is 0. The number of nitrogens with zero attached hydrogens (tertiary/aromatic N) is 2. The molecule has 0 N–H and O–H groups in total. The minimum atomic E-state index is 0.283. The van der Waals surface area contributed by atoms with Crippen molar-refractivity contribution in [1.82, 2.24) is 0 Å². The maximum absolute atomic E-state index is 2.58. The highest BCUT2D eigenvalue weighted by Crippen LogP contribution is 2.50. The van der Waals surface area contributed by atoms with E-state index < -0.39 is 0 Å². The third-order valence-electron chi connectivity index (χ3n) is 10.0. The summed E-state index contributed by atoms with van der Waals surface area (Å²) < 4.78 is 0. The maximum Gasteiger partial charge on any atom is 0.0629 e. The first-order valence-corrected chi connectivity index (χ1v) is 15.9. The molecule has 0 saturated carbocycles. The molecule has 4 atom stereocenters. The summed E-state index contributed by atoms with van der Waals surface area (Å²) in [6, 6.07) is 36.6. The number of fused-ring (bicyclic) bond motifs is 5. The highest BCUT2D eigenvalue weighted by Gasteiger charge is 2.40. The van der Waals surface area contributed by atoms with Crippen LogP contribution in [0.1, 0.15) is 24.3 Å².